The third-order valence-electron chi connectivity index (χ3n) is 3.81. The fourth-order valence-corrected chi connectivity index (χ4v) is 2.83. The SMILES string of the molecule is N#Cc1ccc(N2CC(C(=O)[O-])CC(F)(F)C2)c2nccnc12. The number of carbonyl (C=O) groups excluding carboxylic acids is 1. The molecule has 0 radical (unpaired) electrons. The van der Waals surface area contributed by atoms with Crippen LogP contribution in [-0.4, -0.2) is 34.9 Å². The fraction of sp³-hybridized carbons (Fsp3) is 0.333. The summed E-state index contributed by atoms with van der Waals surface area (Å²) in [5.41, 5.74) is 1.20. The number of rotatable bonds is 2. The number of aliphatic carboxylic acids is 1. The lowest BCUT2D eigenvalue weighted by atomic mass is 9.94. The van der Waals surface area contributed by atoms with Crippen LogP contribution in [0.25, 0.3) is 11.0 Å². The minimum absolute atomic E-state index is 0.102. The summed E-state index contributed by atoms with van der Waals surface area (Å²) in [6.07, 6.45) is 2.05. The zero-order valence-corrected chi connectivity index (χ0v) is 11.9. The van der Waals surface area contributed by atoms with Crippen LogP contribution in [0.1, 0.15) is 12.0 Å². The Balaban J connectivity index is 2.09. The van der Waals surface area contributed by atoms with E-state index >= 15 is 0 Å². The second-order valence-electron chi connectivity index (χ2n) is 5.45. The number of hydrogen-bond donors (Lipinski definition) is 0. The molecule has 0 amide bonds. The maximum atomic E-state index is 13.9. The van der Waals surface area contributed by atoms with Gasteiger partial charge in [0.1, 0.15) is 17.1 Å². The fourth-order valence-electron chi connectivity index (χ4n) is 2.83. The summed E-state index contributed by atoms with van der Waals surface area (Å²) >= 11 is 0. The van der Waals surface area contributed by atoms with E-state index in [4.69, 9.17) is 5.26 Å². The van der Waals surface area contributed by atoms with E-state index in [9.17, 15) is 18.7 Å². The van der Waals surface area contributed by atoms with Crippen molar-refractivity contribution in [2.45, 2.75) is 12.3 Å². The molecule has 2 heterocycles. The molecule has 1 aromatic heterocycles. The van der Waals surface area contributed by atoms with E-state index in [1.54, 1.807) is 0 Å². The first kappa shape index (κ1) is 15.1. The van der Waals surface area contributed by atoms with Gasteiger partial charge in [0.25, 0.3) is 5.92 Å². The Hall–Kier alpha value is -2.82. The third kappa shape index (κ3) is 2.77. The molecule has 1 aliphatic heterocycles. The van der Waals surface area contributed by atoms with Gasteiger partial charge in [0.2, 0.25) is 0 Å². The molecule has 3 rings (SSSR count). The molecule has 2 aromatic rings. The average molecular weight is 317 g/mol. The highest BCUT2D eigenvalue weighted by molar-refractivity contribution is 5.92. The molecule has 0 saturated carbocycles. The number of hydrogen-bond acceptors (Lipinski definition) is 6. The molecule has 1 aromatic carbocycles. The predicted octanol–water partition coefficient (Wildman–Crippen LogP) is 0.713. The second-order valence-corrected chi connectivity index (χ2v) is 5.45. The van der Waals surface area contributed by atoms with Crippen molar-refractivity contribution in [3.63, 3.8) is 0 Å². The predicted molar refractivity (Wildman–Crippen MR) is 74.5 cm³/mol. The quantitative estimate of drug-likeness (QED) is 0.810. The number of piperidine rings is 1. The van der Waals surface area contributed by atoms with Crippen LogP contribution in [-0.2, 0) is 4.79 Å². The van der Waals surface area contributed by atoms with Crippen molar-refractivity contribution in [1.82, 2.24) is 9.97 Å². The average Bonchev–Trinajstić information content (AvgIpc) is 2.52. The molecule has 1 unspecified atom stereocenters. The number of benzene rings is 1. The Labute approximate surface area is 130 Å². The summed E-state index contributed by atoms with van der Waals surface area (Å²) in [5.74, 6) is -5.93. The first-order valence-corrected chi connectivity index (χ1v) is 6.89. The normalized spacial score (nSPS) is 20.2. The van der Waals surface area contributed by atoms with Crippen molar-refractivity contribution in [1.29, 1.82) is 5.26 Å². The van der Waals surface area contributed by atoms with E-state index in [0.717, 1.165) is 0 Å². The lowest BCUT2D eigenvalue weighted by Crippen LogP contribution is -2.52. The van der Waals surface area contributed by atoms with E-state index in [2.05, 4.69) is 9.97 Å². The molecule has 6 nitrogen and oxygen atoms in total. The van der Waals surface area contributed by atoms with Crippen molar-refractivity contribution >= 4 is 22.7 Å². The minimum atomic E-state index is -3.15. The van der Waals surface area contributed by atoms with Crippen LogP contribution in [0.2, 0.25) is 0 Å². The van der Waals surface area contributed by atoms with E-state index in [1.807, 2.05) is 6.07 Å². The summed E-state index contributed by atoms with van der Waals surface area (Å²) in [6.45, 7) is -0.718. The van der Waals surface area contributed by atoms with Gasteiger partial charge < -0.3 is 14.8 Å². The number of halogens is 2. The van der Waals surface area contributed by atoms with Crippen molar-refractivity contribution in [3.05, 3.63) is 30.1 Å². The molecular formula is C15H11F2N4O2-. The van der Waals surface area contributed by atoms with Crippen LogP contribution >= 0.6 is 0 Å². The van der Waals surface area contributed by atoms with E-state index in [1.165, 1.54) is 29.4 Å². The number of nitriles is 1. The van der Waals surface area contributed by atoms with Gasteiger partial charge in [-0.2, -0.15) is 5.26 Å². The standard InChI is InChI=1S/C15H12F2N4O2/c16-15(17)5-10(14(22)23)7-21(8-15)11-2-1-9(6-18)12-13(11)20-4-3-19-12/h1-4,10H,5,7-8H2,(H,22,23)/p-1. The van der Waals surface area contributed by atoms with Crippen LogP contribution in [0, 0.1) is 17.2 Å². The van der Waals surface area contributed by atoms with Crippen molar-refractivity contribution in [2.24, 2.45) is 5.92 Å². The number of carboxylic acid groups (broad SMARTS) is 1. The Morgan fingerprint density at radius 2 is 2.04 bits per heavy atom. The summed E-state index contributed by atoms with van der Waals surface area (Å²) in [4.78, 5) is 20.5. The number of carbonyl (C=O) groups is 1. The van der Waals surface area contributed by atoms with Crippen molar-refractivity contribution in [3.8, 4) is 6.07 Å². The molecule has 118 valence electrons. The van der Waals surface area contributed by atoms with Crippen LogP contribution < -0.4 is 10.0 Å². The first-order chi connectivity index (χ1) is 10.9. The minimum Gasteiger partial charge on any atom is -0.550 e. The van der Waals surface area contributed by atoms with Gasteiger partial charge in [-0.05, 0) is 12.1 Å². The largest absolute Gasteiger partial charge is 0.550 e. The second kappa shape index (κ2) is 5.43. The van der Waals surface area contributed by atoms with Gasteiger partial charge in [0.05, 0.1) is 17.8 Å². The smallest absolute Gasteiger partial charge is 0.265 e. The maximum absolute atomic E-state index is 13.9. The molecule has 1 saturated heterocycles. The molecule has 1 atom stereocenters. The van der Waals surface area contributed by atoms with Crippen LogP contribution in [0.15, 0.2) is 24.5 Å². The number of anilines is 1. The molecule has 8 heteroatoms. The zero-order chi connectivity index (χ0) is 16.6. The topological polar surface area (TPSA) is 92.9 Å². The number of aromatic nitrogens is 2. The highest BCUT2D eigenvalue weighted by Gasteiger charge is 2.41. The van der Waals surface area contributed by atoms with Gasteiger partial charge in [-0.3, -0.25) is 9.97 Å². The highest BCUT2D eigenvalue weighted by atomic mass is 19.3. The van der Waals surface area contributed by atoms with Gasteiger partial charge in [-0.25, -0.2) is 8.78 Å². The van der Waals surface area contributed by atoms with E-state index in [0.29, 0.717) is 16.7 Å². The Morgan fingerprint density at radius 1 is 1.35 bits per heavy atom. The zero-order valence-electron chi connectivity index (χ0n) is 11.9. The van der Waals surface area contributed by atoms with Crippen molar-refractivity contribution < 1.29 is 18.7 Å². The Kier molecular flexibility index (Phi) is 3.56. The van der Waals surface area contributed by atoms with Gasteiger partial charge in [-0.15, -0.1) is 0 Å². The van der Waals surface area contributed by atoms with Gasteiger partial charge >= 0.3 is 0 Å². The molecular weight excluding hydrogens is 306 g/mol. The summed E-state index contributed by atoms with van der Waals surface area (Å²) in [5, 5.41) is 20.1. The van der Waals surface area contributed by atoms with E-state index in [-0.39, 0.29) is 12.1 Å². The van der Waals surface area contributed by atoms with Gasteiger partial charge in [0.15, 0.2) is 0 Å². The third-order valence-corrected chi connectivity index (χ3v) is 3.81. The molecule has 0 aliphatic carbocycles. The molecule has 0 bridgehead atoms. The number of nitrogens with zero attached hydrogens (tertiary/aromatic N) is 4. The van der Waals surface area contributed by atoms with Gasteiger partial charge in [0, 0.05) is 37.2 Å². The maximum Gasteiger partial charge on any atom is 0.265 e. The summed E-state index contributed by atoms with van der Waals surface area (Å²) in [6, 6.07) is 4.92. The Morgan fingerprint density at radius 3 is 2.70 bits per heavy atom. The van der Waals surface area contributed by atoms with E-state index < -0.39 is 30.8 Å². The molecule has 1 fully saturated rings. The van der Waals surface area contributed by atoms with Crippen LogP contribution in [0.5, 0.6) is 0 Å². The first-order valence-electron chi connectivity index (χ1n) is 6.89. The molecule has 0 N–H and O–H groups in total. The lowest BCUT2D eigenvalue weighted by Gasteiger charge is -2.39. The molecule has 1 aliphatic rings. The van der Waals surface area contributed by atoms with Crippen LogP contribution in [0.4, 0.5) is 14.5 Å². The summed E-state index contributed by atoms with van der Waals surface area (Å²) in [7, 11) is 0. The molecule has 0 spiro atoms. The number of carboxylic acids is 1. The molecule has 23 heavy (non-hydrogen) atoms. The Bertz CT molecular complexity index is 819. The van der Waals surface area contributed by atoms with Crippen LogP contribution in [0.3, 0.4) is 0 Å². The highest BCUT2D eigenvalue weighted by Crippen LogP contribution is 2.35. The van der Waals surface area contributed by atoms with Crippen molar-refractivity contribution in [2.75, 3.05) is 18.0 Å². The number of alkyl halides is 2. The monoisotopic (exact) mass is 317 g/mol. The lowest BCUT2D eigenvalue weighted by molar-refractivity contribution is -0.313. The van der Waals surface area contributed by atoms with Gasteiger partial charge in [-0.1, -0.05) is 0 Å². The number of fused-ring (bicyclic) bond motifs is 1. The summed E-state index contributed by atoms with van der Waals surface area (Å²) < 4.78 is 27.7.